The number of fused-ring (bicyclic) bond motifs is 1. The number of hydrogen-bond acceptors (Lipinski definition) is 6. The number of halogens is 1. The van der Waals surface area contributed by atoms with Crippen molar-refractivity contribution in [2.45, 2.75) is 25.7 Å². The molecule has 1 aromatic heterocycles. The van der Waals surface area contributed by atoms with E-state index in [1.807, 2.05) is 19.1 Å². The highest BCUT2D eigenvalue weighted by molar-refractivity contribution is 9.10. The number of aryl methyl sites for hydroxylation is 1. The molecule has 11 heteroatoms. The molecule has 0 unspecified atom stereocenters. The lowest BCUT2D eigenvalue weighted by atomic mass is 10.2. The lowest BCUT2D eigenvalue weighted by Gasteiger charge is -2.18. The Morgan fingerprint density at radius 3 is 2.60 bits per heavy atom. The number of benzene rings is 2. The predicted octanol–water partition coefficient (Wildman–Crippen LogP) is 2.60. The quantitative estimate of drug-likeness (QED) is 0.514. The van der Waals surface area contributed by atoms with Crippen LogP contribution in [0.4, 0.5) is 5.69 Å². The number of amides is 1. The molecular formula is C19H22BrN5O4S. The van der Waals surface area contributed by atoms with E-state index in [0.717, 1.165) is 14.9 Å². The van der Waals surface area contributed by atoms with Gasteiger partial charge in [0.15, 0.2) is 6.61 Å². The zero-order valence-electron chi connectivity index (χ0n) is 16.8. The fraction of sp³-hybridized carbons (Fsp3) is 0.316. The summed E-state index contributed by atoms with van der Waals surface area (Å²) in [5, 5.41) is 10.5. The number of aromatic nitrogens is 3. The number of nitrogens with one attached hydrogen (secondary N) is 1. The molecule has 9 nitrogen and oxygen atoms in total. The van der Waals surface area contributed by atoms with Gasteiger partial charge in [0.25, 0.3) is 5.91 Å². The van der Waals surface area contributed by atoms with E-state index in [4.69, 9.17) is 4.84 Å². The monoisotopic (exact) mass is 495 g/mol. The van der Waals surface area contributed by atoms with E-state index in [2.05, 4.69) is 31.6 Å². The van der Waals surface area contributed by atoms with Crippen molar-refractivity contribution in [1.29, 1.82) is 0 Å². The van der Waals surface area contributed by atoms with Crippen LogP contribution in [0.2, 0.25) is 0 Å². The summed E-state index contributed by atoms with van der Waals surface area (Å²) < 4.78 is 27.8. The average molecular weight is 496 g/mol. The Labute approximate surface area is 183 Å². The van der Waals surface area contributed by atoms with Crippen LogP contribution < -0.4 is 10.2 Å². The van der Waals surface area contributed by atoms with E-state index in [9.17, 15) is 13.2 Å². The minimum absolute atomic E-state index is 0.112. The maximum absolute atomic E-state index is 12.8. The van der Waals surface area contributed by atoms with Gasteiger partial charge in [-0.15, -0.1) is 5.10 Å². The number of sulfonamides is 1. The molecule has 30 heavy (non-hydrogen) atoms. The summed E-state index contributed by atoms with van der Waals surface area (Å²) in [5.74, 6) is -0.382. The van der Waals surface area contributed by atoms with E-state index >= 15 is 0 Å². The second kappa shape index (κ2) is 9.11. The highest BCUT2D eigenvalue weighted by Gasteiger charge is 2.23. The summed E-state index contributed by atoms with van der Waals surface area (Å²) in [6, 6.07) is 9.93. The summed E-state index contributed by atoms with van der Waals surface area (Å²) in [6.07, 6.45) is 0. The summed E-state index contributed by atoms with van der Waals surface area (Å²) in [6.45, 7) is 5.88. The SMILES string of the molecule is CCN(CC)S(=O)(=O)c1ccc2nnn(OCC(=O)Nc3ccc(Br)c(C)c3)c2c1. The van der Waals surface area contributed by atoms with Crippen molar-refractivity contribution in [2.75, 3.05) is 25.0 Å². The fourth-order valence-electron chi connectivity index (χ4n) is 2.89. The maximum atomic E-state index is 12.8. The standard InChI is InChI=1S/C19H22BrN5O4S/c1-4-24(5-2)30(27,28)15-7-9-17-18(11-15)25(23-22-17)29-12-19(26)21-14-6-8-16(20)13(3)10-14/h6-11H,4-5,12H2,1-3H3,(H,21,26). The molecule has 2 aromatic carbocycles. The Balaban J connectivity index is 1.76. The third-order valence-corrected chi connectivity index (χ3v) is 7.43. The molecular weight excluding hydrogens is 474 g/mol. The first-order valence-electron chi connectivity index (χ1n) is 9.31. The summed E-state index contributed by atoms with van der Waals surface area (Å²) in [7, 11) is -3.64. The van der Waals surface area contributed by atoms with E-state index in [0.29, 0.717) is 29.8 Å². The summed E-state index contributed by atoms with van der Waals surface area (Å²) >= 11 is 3.41. The van der Waals surface area contributed by atoms with Gasteiger partial charge >= 0.3 is 0 Å². The Morgan fingerprint density at radius 1 is 1.20 bits per heavy atom. The van der Waals surface area contributed by atoms with Crippen molar-refractivity contribution in [3.05, 3.63) is 46.4 Å². The molecule has 1 amide bonds. The summed E-state index contributed by atoms with van der Waals surface area (Å²) in [5.41, 5.74) is 2.44. The number of nitrogens with zero attached hydrogens (tertiary/aromatic N) is 4. The molecule has 160 valence electrons. The van der Waals surface area contributed by atoms with Crippen molar-refractivity contribution in [2.24, 2.45) is 0 Å². The van der Waals surface area contributed by atoms with Gasteiger partial charge in [-0.1, -0.05) is 34.6 Å². The molecule has 0 bridgehead atoms. The zero-order chi connectivity index (χ0) is 21.9. The molecule has 0 atom stereocenters. The van der Waals surface area contributed by atoms with Gasteiger partial charge in [-0.05, 0) is 54.1 Å². The molecule has 0 spiro atoms. The van der Waals surface area contributed by atoms with E-state index in [-0.39, 0.29) is 17.4 Å². The molecule has 3 aromatic rings. The molecule has 1 N–H and O–H groups in total. The lowest BCUT2D eigenvalue weighted by molar-refractivity contribution is -0.121. The topological polar surface area (TPSA) is 106 Å². The molecule has 0 aliphatic heterocycles. The van der Waals surface area contributed by atoms with Crippen LogP contribution in [0.25, 0.3) is 11.0 Å². The van der Waals surface area contributed by atoms with Gasteiger partial charge in [0.2, 0.25) is 10.0 Å². The number of carbonyl (C=O) groups is 1. The molecule has 0 aliphatic carbocycles. The smallest absolute Gasteiger partial charge is 0.265 e. The number of anilines is 1. The van der Waals surface area contributed by atoms with Crippen molar-refractivity contribution >= 4 is 48.6 Å². The largest absolute Gasteiger partial charge is 0.385 e. The molecule has 1 heterocycles. The van der Waals surface area contributed by atoms with Gasteiger partial charge in [-0.2, -0.15) is 4.31 Å². The van der Waals surface area contributed by atoms with E-state index < -0.39 is 10.0 Å². The predicted molar refractivity (Wildman–Crippen MR) is 117 cm³/mol. The third kappa shape index (κ3) is 4.63. The number of hydrogen-bond donors (Lipinski definition) is 1. The third-order valence-electron chi connectivity index (χ3n) is 4.49. The second-order valence-electron chi connectivity index (χ2n) is 6.49. The molecule has 0 fully saturated rings. The Bertz CT molecular complexity index is 1170. The molecule has 0 aliphatic rings. The molecule has 0 saturated carbocycles. The van der Waals surface area contributed by atoms with Gasteiger partial charge in [-0.3, -0.25) is 4.79 Å². The van der Waals surface area contributed by atoms with Gasteiger partial charge < -0.3 is 10.2 Å². The van der Waals surface area contributed by atoms with Crippen molar-refractivity contribution < 1.29 is 18.0 Å². The highest BCUT2D eigenvalue weighted by Crippen LogP contribution is 2.21. The first-order chi connectivity index (χ1) is 14.3. The van der Waals surface area contributed by atoms with Crippen LogP contribution in [0.1, 0.15) is 19.4 Å². The molecule has 0 radical (unpaired) electrons. The minimum Gasteiger partial charge on any atom is -0.385 e. The molecule has 0 saturated heterocycles. The van der Waals surface area contributed by atoms with Crippen molar-refractivity contribution in [3.8, 4) is 0 Å². The Morgan fingerprint density at radius 2 is 1.93 bits per heavy atom. The van der Waals surface area contributed by atoms with E-state index in [1.165, 1.54) is 16.4 Å². The van der Waals surface area contributed by atoms with E-state index in [1.54, 1.807) is 26.0 Å². The van der Waals surface area contributed by atoms with Gasteiger partial charge in [0.05, 0.1) is 4.90 Å². The Hall–Kier alpha value is -2.50. The van der Waals surface area contributed by atoms with Crippen molar-refractivity contribution in [1.82, 2.24) is 19.5 Å². The van der Waals surface area contributed by atoms with Gasteiger partial charge in [-0.25, -0.2) is 8.42 Å². The minimum atomic E-state index is -3.64. The van der Waals surface area contributed by atoms with Crippen LogP contribution in [-0.4, -0.2) is 53.5 Å². The summed E-state index contributed by atoms with van der Waals surface area (Å²) in [4.78, 5) is 18.8. The van der Waals surface area contributed by atoms with Crippen LogP contribution in [0.15, 0.2) is 45.8 Å². The lowest BCUT2D eigenvalue weighted by Crippen LogP contribution is -2.30. The second-order valence-corrected chi connectivity index (χ2v) is 9.28. The van der Waals surface area contributed by atoms with Crippen LogP contribution in [0.3, 0.4) is 0 Å². The Kier molecular flexibility index (Phi) is 6.74. The van der Waals surface area contributed by atoms with Crippen LogP contribution in [0, 0.1) is 6.92 Å². The number of carbonyl (C=O) groups excluding carboxylic acids is 1. The van der Waals surface area contributed by atoms with Crippen LogP contribution in [-0.2, 0) is 14.8 Å². The van der Waals surface area contributed by atoms with Crippen LogP contribution >= 0.6 is 15.9 Å². The highest BCUT2D eigenvalue weighted by atomic mass is 79.9. The van der Waals surface area contributed by atoms with Gasteiger partial charge in [0.1, 0.15) is 11.0 Å². The first kappa shape index (κ1) is 22.2. The number of rotatable bonds is 8. The van der Waals surface area contributed by atoms with Crippen molar-refractivity contribution in [3.63, 3.8) is 0 Å². The van der Waals surface area contributed by atoms with Crippen LogP contribution in [0.5, 0.6) is 0 Å². The average Bonchev–Trinajstić information content (AvgIpc) is 3.12. The fourth-order valence-corrected chi connectivity index (χ4v) is 4.61. The molecule has 3 rings (SSSR count). The first-order valence-corrected chi connectivity index (χ1v) is 11.5. The zero-order valence-corrected chi connectivity index (χ0v) is 19.2. The normalized spacial score (nSPS) is 11.8. The van der Waals surface area contributed by atoms with Gasteiger partial charge in [0, 0.05) is 23.2 Å². The maximum Gasteiger partial charge on any atom is 0.265 e.